The quantitative estimate of drug-likeness (QED) is 0.867. The number of rotatable bonds is 4. The normalized spacial score (nSPS) is 14.6. The van der Waals surface area contributed by atoms with E-state index in [2.05, 4.69) is 62.2 Å². The Morgan fingerprint density at radius 3 is 2.21 bits per heavy atom. The molecular weight excluding hydrogens is 362 g/mol. The summed E-state index contributed by atoms with van der Waals surface area (Å²) in [4.78, 5) is 29.0. The average molecular weight is 394 g/mol. The molecule has 2 aromatic rings. The Labute approximate surface area is 173 Å². The van der Waals surface area contributed by atoms with E-state index in [1.54, 1.807) is 0 Å². The van der Waals surface area contributed by atoms with Gasteiger partial charge in [0.25, 0.3) is 5.91 Å². The highest BCUT2D eigenvalue weighted by atomic mass is 16.2. The molecule has 5 nitrogen and oxygen atoms in total. The van der Waals surface area contributed by atoms with Gasteiger partial charge in [0.2, 0.25) is 5.91 Å². The molecule has 0 bridgehead atoms. The summed E-state index contributed by atoms with van der Waals surface area (Å²) in [5, 5.41) is 2.76. The van der Waals surface area contributed by atoms with Gasteiger partial charge in [0.15, 0.2) is 0 Å². The van der Waals surface area contributed by atoms with Crippen LogP contribution in [0.15, 0.2) is 48.5 Å². The number of benzene rings is 2. The molecule has 0 aromatic heterocycles. The molecule has 5 heteroatoms. The van der Waals surface area contributed by atoms with Gasteiger partial charge >= 0.3 is 0 Å². The van der Waals surface area contributed by atoms with E-state index >= 15 is 0 Å². The number of hydrogen-bond acceptors (Lipinski definition) is 3. The van der Waals surface area contributed by atoms with Crippen molar-refractivity contribution in [1.82, 2.24) is 10.2 Å². The maximum absolute atomic E-state index is 12.5. The van der Waals surface area contributed by atoms with E-state index in [9.17, 15) is 9.59 Å². The van der Waals surface area contributed by atoms with Crippen LogP contribution in [-0.4, -0.2) is 49.4 Å². The fourth-order valence-corrected chi connectivity index (χ4v) is 3.53. The van der Waals surface area contributed by atoms with Crippen LogP contribution in [-0.2, 0) is 10.2 Å². The third-order valence-electron chi connectivity index (χ3n) is 5.41. The Hall–Kier alpha value is -2.82. The van der Waals surface area contributed by atoms with Crippen molar-refractivity contribution in [2.75, 3.05) is 37.6 Å². The zero-order valence-corrected chi connectivity index (χ0v) is 17.9. The number of anilines is 1. The molecule has 154 valence electrons. The highest BCUT2D eigenvalue weighted by Gasteiger charge is 2.22. The number of aryl methyl sites for hydroxylation is 1. The lowest BCUT2D eigenvalue weighted by Crippen LogP contribution is -2.51. The molecular formula is C24H31N3O2. The first-order valence-corrected chi connectivity index (χ1v) is 10.2. The van der Waals surface area contributed by atoms with Crippen molar-refractivity contribution in [2.24, 2.45) is 0 Å². The molecule has 1 aliphatic heterocycles. The summed E-state index contributed by atoms with van der Waals surface area (Å²) < 4.78 is 0. The van der Waals surface area contributed by atoms with Crippen LogP contribution in [0, 0.1) is 6.92 Å². The number of nitrogens with zero attached hydrogens (tertiary/aromatic N) is 2. The van der Waals surface area contributed by atoms with Crippen molar-refractivity contribution in [2.45, 2.75) is 33.1 Å². The second-order valence-electron chi connectivity index (χ2n) is 8.72. The first-order chi connectivity index (χ1) is 13.7. The lowest BCUT2D eigenvalue weighted by atomic mass is 9.87. The van der Waals surface area contributed by atoms with E-state index in [1.165, 1.54) is 16.8 Å². The summed E-state index contributed by atoms with van der Waals surface area (Å²) in [7, 11) is 0. The standard InChI is InChI=1S/C24H31N3O2/c1-18-6-5-7-21(16-18)26-12-14-27(15-13-26)22(28)17-25-23(29)19-8-10-20(11-9-19)24(2,3)4/h5-11,16H,12-15,17H2,1-4H3,(H,25,29). The average Bonchev–Trinajstić information content (AvgIpc) is 2.71. The summed E-state index contributed by atoms with van der Waals surface area (Å²) in [6.07, 6.45) is 0. The van der Waals surface area contributed by atoms with Gasteiger partial charge < -0.3 is 15.1 Å². The van der Waals surface area contributed by atoms with Gasteiger partial charge in [-0.15, -0.1) is 0 Å². The summed E-state index contributed by atoms with van der Waals surface area (Å²) >= 11 is 0. The summed E-state index contributed by atoms with van der Waals surface area (Å²) in [6.45, 7) is 11.5. The van der Waals surface area contributed by atoms with Crippen molar-refractivity contribution in [3.63, 3.8) is 0 Å². The molecule has 2 amide bonds. The topological polar surface area (TPSA) is 52.6 Å². The van der Waals surface area contributed by atoms with Crippen molar-refractivity contribution < 1.29 is 9.59 Å². The molecule has 0 spiro atoms. The minimum absolute atomic E-state index is 0.0320. The Kier molecular flexibility index (Phi) is 6.26. The maximum Gasteiger partial charge on any atom is 0.251 e. The Morgan fingerprint density at radius 2 is 1.62 bits per heavy atom. The molecule has 1 heterocycles. The number of carbonyl (C=O) groups is 2. The summed E-state index contributed by atoms with van der Waals surface area (Å²) in [5.74, 6) is -0.245. The van der Waals surface area contributed by atoms with Crippen molar-refractivity contribution in [1.29, 1.82) is 0 Å². The van der Waals surface area contributed by atoms with E-state index in [1.807, 2.05) is 29.2 Å². The molecule has 1 saturated heterocycles. The SMILES string of the molecule is Cc1cccc(N2CCN(C(=O)CNC(=O)c3ccc(C(C)(C)C)cc3)CC2)c1. The van der Waals surface area contributed by atoms with Gasteiger partial charge in [-0.3, -0.25) is 9.59 Å². The minimum Gasteiger partial charge on any atom is -0.368 e. The van der Waals surface area contributed by atoms with Crippen LogP contribution in [0.4, 0.5) is 5.69 Å². The fourth-order valence-electron chi connectivity index (χ4n) is 3.53. The second-order valence-corrected chi connectivity index (χ2v) is 8.72. The molecule has 0 unspecified atom stereocenters. The first-order valence-electron chi connectivity index (χ1n) is 10.2. The Bertz CT molecular complexity index is 860. The van der Waals surface area contributed by atoms with E-state index < -0.39 is 0 Å². The Morgan fingerprint density at radius 1 is 0.966 bits per heavy atom. The van der Waals surface area contributed by atoms with Gasteiger partial charge in [-0.05, 0) is 47.7 Å². The molecule has 3 rings (SSSR count). The molecule has 1 aliphatic rings. The number of carbonyl (C=O) groups excluding carboxylic acids is 2. The predicted molar refractivity (Wildman–Crippen MR) is 117 cm³/mol. The van der Waals surface area contributed by atoms with Crippen LogP contribution in [0.25, 0.3) is 0 Å². The zero-order valence-electron chi connectivity index (χ0n) is 17.9. The summed E-state index contributed by atoms with van der Waals surface area (Å²) in [5.41, 5.74) is 4.24. The van der Waals surface area contributed by atoms with Crippen molar-refractivity contribution in [3.8, 4) is 0 Å². The second kappa shape index (κ2) is 8.68. The van der Waals surface area contributed by atoms with E-state index in [4.69, 9.17) is 0 Å². The monoisotopic (exact) mass is 393 g/mol. The molecule has 0 saturated carbocycles. The molecule has 2 aromatic carbocycles. The van der Waals surface area contributed by atoms with Crippen molar-refractivity contribution >= 4 is 17.5 Å². The van der Waals surface area contributed by atoms with E-state index in [-0.39, 0.29) is 23.8 Å². The van der Waals surface area contributed by atoms with Crippen LogP contribution in [0.3, 0.4) is 0 Å². The molecule has 0 atom stereocenters. The molecule has 29 heavy (non-hydrogen) atoms. The van der Waals surface area contributed by atoms with Crippen LogP contribution in [0.5, 0.6) is 0 Å². The van der Waals surface area contributed by atoms with Crippen LogP contribution < -0.4 is 10.2 Å². The zero-order chi connectivity index (χ0) is 21.0. The lowest BCUT2D eigenvalue weighted by molar-refractivity contribution is -0.130. The van der Waals surface area contributed by atoms with E-state index in [0.717, 1.165) is 13.1 Å². The number of piperazine rings is 1. The largest absolute Gasteiger partial charge is 0.368 e. The minimum atomic E-state index is -0.211. The third kappa shape index (κ3) is 5.37. The Balaban J connectivity index is 1.48. The fraction of sp³-hybridized carbons (Fsp3) is 0.417. The van der Waals surface area contributed by atoms with Gasteiger partial charge in [0, 0.05) is 37.4 Å². The molecule has 0 aliphatic carbocycles. The van der Waals surface area contributed by atoms with Gasteiger partial charge in [-0.25, -0.2) is 0 Å². The number of hydrogen-bond donors (Lipinski definition) is 1. The van der Waals surface area contributed by atoms with Gasteiger partial charge in [0.05, 0.1) is 6.54 Å². The van der Waals surface area contributed by atoms with Gasteiger partial charge in [-0.2, -0.15) is 0 Å². The van der Waals surface area contributed by atoms with Crippen LogP contribution in [0.2, 0.25) is 0 Å². The molecule has 1 fully saturated rings. The third-order valence-corrected chi connectivity index (χ3v) is 5.41. The highest BCUT2D eigenvalue weighted by molar-refractivity contribution is 5.96. The van der Waals surface area contributed by atoms with Crippen LogP contribution in [0.1, 0.15) is 42.3 Å². The molecule has 0 radical (unpaired) electrons. The smallest absolute Gasteiger partial charge is 0.251 e. The highest BCUT2D eigenvalue weighted by Crippen LogP contribution is 2.22. The van der Waals surface area contributed by atoms with Crippen LogP contribution >= 0.6 is 0 Å². The van der Waals surface area contributed by atoms with Gasteiger partial charge in [0.1, 0.15) is 0 Å². The first kappa shape index (κ1) is 20.9. The lowest BCUT2D eigenvalue weighted by Gasteiger charge is -2.36. The van der Waals surface area contributed by atoms with Crippen molar-refractivity contribution in [3.05, 3.63) is 65.2 Å². The van der Waals surface area contributed by atoms with E-state index in [0.29, 0.717) is 18.7 Å². The maximum atomic E-state index is 12.5. The number of amides is 2. The van der Waals surface area contributed by atoms with Gasteiger partial charge in [-0.1, -0.05) is 45.0 Å². The predicted octanol–water partition coefficient (Wildman–Crippen LogP) is 3.37. The summed E-state index contributed by atoms with van der Waals surface area (Å²) in [6, 6.07) is 16.0. The number of nitrogens with one attached hydrogen (secondary N) is 1. The molecule has 1 N–H and O–H groups in total.